The van der Waals surface area contributed by atoms with Gasteiger partial charge in [0, 0.05) is 0 Å². The summed E-state index contributed by atoms with van der Waals surface area (Å²) in [5, 5.41) is 12.0. The Morgan fingerprint density at radius 2 is 1.76 bits per heavy atom. The van der Waals surface area contributed by atoms with Gasteiger partial charge in [-0.1, -0.05) is 54.1 Å². The third kappa shape index (κ3) is 4.00. The van der Waals surface area contributed by atoms with Crippen molar-refractivity contribution in [1.82, 2.24) is 0 Å². The molecule has 0 bridgehead atoms. The molecular weight excluding hydrogens is 339 g/mol. The van der Waals surface area contributed by atoms with E-state index in [1.54, 1.807) is 0 Å². The molecule has 0 unspecified atom stereocenters. The molecule has 0 saturated heterocycles. The zero-order valence-corrected chi connectivity index (χ0v) is 14.8. The summed E-state index contributed by atoms with van der Waals surface area (Å²) in [5.74, 6) is 0. The number of fused-ring (bicyclic) bond motifs is 1. The molecule has 0 saturated carbocycles. The second-order valence-electron chi connectivity index (χ2n) is 4.79. The average molecular weight is 355 g/mol. The van der Waals surface area contributed by atoms with E-state index >= 15 is 0 Å². The zero-order chi connectivity index (χ0) is 12.5. The molecule has 0 spiro atoms. The number of allylic oxidation sites excluding steroid dienone is 4. The van der Waals surface area contributed by atoms with Gasteiger partial charge in [-0.3, -0.25) is 0 Å². The van der Waals surface area contributed by atoms with E-state index in [2.05, 4.69) is 43.3 Å². The van der Waals surface area contributed by atoms with Crippen LogP contribution in [0.3, 0.4) is 0 Å². The number of hydrogen-bond acceptors (Lipinski definition) is 1. The van der Waals surface area contributed by atoms with Gasteiger partial charge in [-0.05, 0) is 40.8 Å². The van der Waals surface area contributed by atoms with Crippen molar-refractivity contribution in [3.05, 3.63) is 65.3 Å². The van der Waals surface area contributed by atoms with Crippen LogP contribution in [0.1, 0.15) is 24.5 Å². The van der Waals surface area contributed by atoms with Crippen LogP contribution in [0.2, 0.25) is 0 Å². The third-order valence-electron chi connectivity index (χ3n) is 3.59. The quantitative estimate of drug-likeness (QED) is 0.623. The molecule has 3 rings (SSSR count). The molecule has 108 valence electrons. The maximum Gasteiger partial charge on any atom is 2.00 e. The summed E-state index contributed by atoms with van der Waals surface area (Å²) in [4.78, 5) is 0. The van der Waals surface area contributed by atoms with Gasteiger partial charge in [0.1, 0.15) is 0 Å². The van der Waals surface area contributed by atoms with E-state index in [9.17, 15) is 5.11 Å². The maximum absolute atomic E-state index is 9.70. The van der Waals surface area contributed by atoms with Crippen molar-refractivity contribution in [3.63, 3.8) is 0 Å². The molecule has 0 heterocycles. The minimum absolute atomic E-state index is 0. The Bertz CT molecular complexity index is 678. The summed E-state index contributed by atoms with van der Waals surface area (Å²) in [6, 6.07) is 12.5. The van der Waals surface area contributed by atoms with Crippen LogP contribution in [0, 0.1) is 0 Å². The normalized spacial score (nSPS) is 12.7. The van der Waals surface area contributed by atoms with Crippen LogP contribution in [-0.2, 0) is 28.3 Å². The van der Waals surface area contributed by atoms with E-state index in [-0.39, 0.29) is 53.1 Å². The number of aliphatic hydroxyl groups is 1. The van der Waals surface area contributed by atoms with Gasteiger partial charge in [0.05, 0.1) is 6.61 Å². The van der Waals surface area contributed by atoms with Crippen molar-refractivity contribution >= 4 is 16.3 Å². The number of hydrogen-bond donors (Lipinski definition) is 1. The van der Waals surface area contributed by atoms with Gasteiger partial charge in [-0.2, -0.15) is 0 Å². The Morgan fingerprint density at radius 1 is 1.05 bits per heavy atom. The number of aliphatic hydroxyl groups excluding tert-OH is 1. The first-order valence-corrected chi connectivity index (χ1v) is 6.29. The fourth-order valence-electron chi connectivity index (χ4n) is 2.66. The van der Waals surface area contributed by atoms with Crippen LogP contribution in [0.4, 0.5) is 0 Å². The molecule has 1 N–H and O–H groups in total. The molecule has 1 nitrogen and oxygen atoms in total. The Kier molecular flexibility index (Phi) is 8.54. The average Bonchev–Trinajstić information content (AvgIpc) is 2.84. The van der Waals surface area contributed by atoms with Crippen molar-refractivity contribution in [3.8, 4) is 0 Å². The van der Waals surface area contributed by atoms with Gasteiger partial charge in [0.2, 0.25) is 0 Å². The van der Waals surface area contributed by atoms with E-state index in [4.69, 9.17) is 0 Å². The van der Waals surface area contributed by atoms with Gasteiger partial charge in [-0.25, -0.2) is 0 Å². The Hall–Kier alpha value is -0.566. The molecule has 1 aliphatic rings. The number of rotatable bonds is 2. The van der Waals surface area contributed by atoms with E-state index in [0.29, 0.717) is 0 Å². The SMILES string of the molecule is CC1=CCC(c2ccc3ccccc3c2CO)=C1.[Cl-].[Cl-].[Ti+2]. The molecule has 0 amide bonds. The first-order chi connectivity index (χ1) is 8.79. The molecule has 4 heteroatoms. The molecule has 0 aliphatic heterocycles. The molecule has 2 aromatic rings. The fourth-order valence-corrected chi connectivity index (χ4v) is 2.66. The fraction of sp³-hybridized carbons (Fsp3) is 0.176. The molecular formula is C17H16Cl2OTi. The molecule has 1 aliphatic carbocycles. The molecule has 0 fully saturated rings. The number of halogens is 2. The predicted molar refractivity (Wildman–Crippen MR) is 76.2 cm³/mol. The Balaban J connectivity index is 0.00000133. The van der Waals surface area contributed by atoms with Gasteiger partial charge in [0.25, 0.3) is 0 Å². The van der Waals surface area contributed by atoms with Crippen molar-refractivity contribution in [2.45, 2.75) is 20.0 Å². The summed E-state index contributed by atoms with van der Waals surface area (Å²) < 4.78 is 0. The van der Waals surface area contributed by atoms with Crippen LogP contribution < -0.4 is 24.8 Å². The van der Waals surface area contributed by atoms with Crippen molar-refractivity contribution < 1.29 is 51.6 Å². The third-order valence-corrected chi connectivity index (χ3v) is 3.59. The van der Waals surface area contributed by atoms with Crippen LogP contribution in [-0.4, -0.2) is 5.11 Å². The first kappa shape index (κ1) is 20.4. The largest absolute Gasteiger partial charge is 2.00 e. The second kappa shape index (κ2) is 8.77. The number of benzene rings is 2. The monoisotopic (exact) mass is 354 g/mol. The zero-order valence-electron chi connectivity index (χ0n) is 11.7. The van der Waals surface area contributed by atoms with Crippen LogP contribution in [0.15, 0.2) is 54.1 Å². The van der Waals surface area contributed by atoms with Gasteiger partial charge < -0.3 is 29.9 Å². The van der Waals surface area contributed by atoms with Crippen molar-refractivity contribution in [2.75, 3.05) is 0 Å². The smallest absolute Gasteiger partial charge is 1.00 e. The van der Waals surface area contributed by atoms with E-state index in [0.717, 1.165) is 17.4 Å². The summed E-state index contributed by atoms with van der Waals surface area (Å²) in [6.45, 7) is 2.21. The first-order valence-electron chi connectivity index (χ1n) is 6.29. The predicted octanol–water partition coefficient (Wildman–Crippen LogP) is -1.93. The second-order valence-corrected chi connectivity index (χ2v) is 4.79. The van der Waals surface area contributed by atoms with E-state index in [1.807, 2.05) is 12.1 Å². The molecule has 0 aromatic heterocycles. The van der Waals surface area contributed by atoms with Crippen LogP contribution >= 0.6 is 0 Å². The summed E-state index contributed by atoms with van der Waals surface area (Å²) in [5.41, 5.74) is 4.84. The van der Waals surface area contributed by atoms with E-state index in [1.165, 1.54) is 22.1 Å². The minimum Gasteiger partial charge on any atom is -1.00 e. The molecule has 0 atom stereocenters. The minimum atomic E-state index is 0. The van der Waals surface area contributed by atoms with Crippen molar-refractivity contribution in [2.24, 2.45) is 0 Å². The van der Waals surface area contributed by atoms with Crippen LogP contribution in [0.25, 0.3) is 16.3 Å². The Morgan fingerprint density at radius 3 is 2.38 bits per heavy atom. The Labute approximate surface area is 152 Å². The molecule has 21 heavy (non-hydrogen) atoms. The van der Waals surface area contributed by atoms with Crippen molar-refractivity contribution in [1.29, 1.82) is 0 Å². The topological polar surface area (TPSA) is 20.2 Å². The standard InChI is InChI=1S/C17H16O.2ClH.Ti/c1-12-6-7-14(10-12)16-9-8-13-4-2-3-5-15(13)17(16)11-18;;;/h2-6,8-10,18H,7,11H2,1H3;2*1H;/q;;;+2/p-2. The molecule has 2 aromatic carbocycles. The van der Waals surface area contributed by atoms with Gasteiger partial charge in [0.15, 0.2) is 0 Å². The summed E-state index contributed by atoms with van der Waals surface area (Å²) in [7, 11) is 0. The summed E-state index contributed by atoms with van der Waals surface area (Å²) in [6.07, 6.45) is 5.41. The maximum atomic E-state index is 9.70. The van der Waals surface area contributed by atoms with Gasteiger partial charge >= 0.3 is 21.7 Å². The van der Waals surface area contributed by atoms with E-state index < -0.39 is 0 Å². The molecule has 0 radical (unpaired) electrons. The summed E-state index contributed by atoms with van der Waals surface area (Å²) >= 11 is 0. The van der Waals surface area contributed by atoms with Gasteiger partial charge in [-0.15, -0.1) is 0 Å². The van der Waals surface area contributed by atoms with Crippen LogP contribution in [0.5, 0.6) is 0 Å².